The number of ether oxygens (including phenoxy) is 2. The quantitative estimate of drug-likeness (QED) is 0.481. The molecule has 28 heavy (non-hydrogen) atoms. The van der Waals surface area contributed by atoms with Crippen LogP contribution in [-0.2, 0) is 19.1 Å². The molecule has 0 spiro atoms. The van der Waals surface area contributed by atoms with Crippen molar-refractivity contribution in [2.24, 2.45) is 0 Å². The number of hydrogen-bond donors (Lipinski definition) is 3. The van der Waals surface area contributed by atoms with Crippen molar-refractivity contribution in [1.29, 1.82) is 0 Å². The van der Waals surface area contributed by atoms with Gasteiger partial charge in [0.15, 0.2) is 6.61 Å². The summed E-state index contributed by atoms with van der Waals surface area (Å²) in [5.74, 6) is -1.21. The highest BCUT2D eigenvalue weighted by Gasteiger charge is 2.11. The monoisotopic (exact) mass is 385 g/mol. The molecule has 0 aromatic heterocycles. The summed E-state index contributed by atoms with van der Waals surface area (Å²) in [5.41, 5.74) is 4.42. The first kappa shape index (κ1) is 20.4. The Morgan fingerprint density at radius 3 is 2.14 bits per heavy atom. The first-order chi connectivity index (χ1) is 13.4. The maximum Gasteiger partial charge on any atom is 0.325 e. The van der Waals surface area contributed by atoms with E-state index in [9.17, 15) is 19.2 Å². The van der Waals surface area contributed by atoms with Gasteiger partial charge in [-0.1, -0.05) is 18.2 Å². The third kappa shape index (κ3) is 7.16. The first-order valence-electron chi connectivity index (χ1n) is 8.26. The average molecular weight is 385 g/mol. The minimum atomic E-state index is -0.796. The summed E-state index contributed by atoms with van der Waals surface area (Å²) in [6.45, 7) is 0.219. The largest absolute Gasteiger partial charge is 0.457 e. The Morgan fingerprint density at radius 1 is 0.857 bits per heavy atom. The Balaban J connectivity index is 1.74. The molecule has 0 saturated heterocycles. The van der Waals surface area contributed by atoms with Gasteiger partial charge in [0.2, 0.25) is 5.91 Å². The van der Waals surface area contributed by atoms with Gasteiger partial charge in [0, 0.05) is 12.5 Å². The molecular weight excluding hydrogens is 366 g/mol. The molecule has 0 fully saturated rings. The van der Waals surface area contributed by atoms with Gasteiger partial charge >= 0.3 is 5.97 Å². The van der Waals surface area contributed by atoms with E-state index in [2.05, 4.69) is 15.5 Å². The second kappa shape index (κ2) is 10.3. The Labute approximate surface area is 161 Å². The van der Waals surface area contributed by atoms with Crippen molar-refractivity contribution in [1.82, 2.24) is 16.2 Å². The number of carbonyl (C=O) groups is 4. The van der Waals surface area contributed by atoms with E-state index in [4.69, 9.17) is 4.74 Å². The van der Waals surface area contributed by atoms with E-state index < -0.39 is 36.8 Å². The summed E-state index contributed by atoms with van der Waals surface area (Å²) in [4.78, 5) is 45.5. The number of hydrogen-bond acceptors (Lipinski definition) is 6. The van der Waals surface area contributed by atoms with Crippen LogP contribution in [0.3, 0.4) is 0 Å². The summed E-state index contributed by atoms with van der Waals surface area (Å²) < 4.78 is 10.3. The van der Waals surface area contributed by atoms with Crippen LogP contribution in [0.4, 0.5) is 0 Å². The van der Waals surface area contributed by atoms with Crippen molar-refractivity contribution in [3.8, 4) is 11.5 Å². The van der Waals surface area contributed by atoms with E-state index in [1.807, 2.05) is 35.8 Å². The Bertz CT molecular complexity index is 837. The highest BCUT2D eigenvalue weighted by molar-refractivity contribution is 5.96. The zero-order valence-corrected chi connectivity index (χ0v) is 15.1. The minimum Gasteiger partial charge on any atom is -0.457 e. The van der Waals surface area contributed by atoms with Gasteiger partial charge in [0.25, 0.3) is 11.8 Å². The molecule has 3 amide bonds. The Morgan fingerprint density at radius 2 is 1.50 bits per heavy atom. The zero-order chi connectivity index (χ0) is 20.4. The lowest BCUT2D eigenvalue weighted by Gasteiger charge is -2.08. The van der Waals surface area contributed by atoms with Crippen molar-refractivity contribution in [3.05, 3.63) is 60.2 Å². The highest BCUT2D eigenvalue weighted by atomic mass is 16.5. The van der Waals surface area contributed by atoms with Crippen molar-refractivity contribution in [2.45, 2.75) is 6.92 Å². The van der Waals surface area contributed by atoms with Gasteiger partial charge in [-0.05, 0) is 36.4 Å². The maximum atomic E-state index is 12.0. The van der Waals surface area contributed by atoms with Crippen LogP contribution in [0, 0.1) is 0 Å². The fourth-order valence-electron chi connectivity index (χ4n) is 1.94. The lowest BCUT2D eigenvalue weighted by atomic mass is 10.2. The molecule has 2 aromatic carbocycles. The Hall–Kier alpha value is -3.88. The number of carbonyl (C=O) groups excluding carboxylic acids is 4. The van der Waals surface area contributed by atoms with Gasteiger partial charge in [0.05, 0.1) is 0 Å². The average Bonchev–Trinajstić information content (AvgIpc) is 2.70. The van der Waals surface area contributed by atoms with Crippen LogP contribution < -0.4 is 20.9 Å². The van der Waals surface area contributed by atoms with Crippen LogP contribution in [0.25, 0.3) is 0 Å². The summed E-state index contributed by atoms with van der Waals surface area (Å²) >= 11 is 0. The predicted octanol–water partition coefficient (Wildman–Crippen LogP) is 0.919. The van der Waals surface area contributed by atoms with Crippen LogP contribution in [0.2, 0.25) is 0 Å². The molecule has 0 radical (unpaired) electrons. The van der Waals surface area contributed by atoms with Crippen LogP contribution in [0.5, 0.6) is 11.5 Å². The zero-order valence-electron chi connectivity index (χ0n) is 15.1. The molecule has 0 aliphatic carbocycles. The number of hydrazine groups is 1. The second-order valence-electron chi connectivity index (χ2n) is 5.51. The molecule has 0 unspecified atom stereocenters. The van der Waals surface area contributed by atoms with Crippen molar-refractivity contribution >= 4 is 23.7 Å². The van der Waals surface area contributed by atoms with Crippen molar-refractivity contribution in [3.63, 3.8) is 0 Å². The van der Waals surface area contributed by atoms with Gasteiger partial charge in [-0.3, -0.25) is 30.0 Å². The molecule has 9 nitrogen and oxygen atoms in total. The normalized spacial score (nSPS) is 9.75. The molecule has 0 saturated carbocycles. The molecule has 0 heterocycles. The van der Waals surface area contributed by atoms with Crippen LogP contribution in [0.1, 0.15) is 17.3 Å². The molecular formula is C19H19N3O6. The van der Waals surface area contributed by atoms with Gasteiger partial charge in [0.1, 0.15) is 18.0 Å². The number of amides is 3. The minimum absolute atomic E-state index is 0.330. The van der Waals surface area contributed by atoms with Crippen molar-refractivity contribution in [2.75, 3.05) is 13.2 Å². The molecule has 0 aliphatic heterocycles. The Kier molecular flexibility index (Phi) is 7.53. The van der Waals surface area contributed by atoms with E-state index >= 15 is 0 Å². The van der Waals surface area contributed by atoms with Gasteiger partial charge < -0.3 is 14.8 Å². The highest BCUT2D eigenvalue weighted by Crippen LogP contribution is 2.21. The van der Waals surface area contributed by atoms with Gasteiger partial charge in [-0.15, -0.1) is 0 Å². The molecule has 2 rings (SSSR count). The van der Waals surface area contributed by atoms with Crippen LogP contribution in [-0.4, -0.2) is 36.8 Å². The maximum absolute atomic E-state index is 12.0. The molecule has 3 N–H and O–H groups in total. The van der Waals surface area contributed by atoms with Crippen molar-refractivity contribution < 1.29 is 28.7 Å². The molecule has 2 aromatic rings. The van der Waals surface area contributed by atoms with E-state index in [0.717, 1.165) is 0 Å². The summed E-state index contributed by atoms with van der Waals surface area (Å²) in [6, 6.07) is 15.6. The number of esters is 1. The van der Waals surface area contributed by atoms with Gasteiger partial charge in [-0.25, -0.2) is 0 Å². The topological polar surface area (TPSA) is 123 Å². The lowest BCUT2D eigenvalue weighted by Crippen LogP contribution is -2.43. The van der Waals surface area contributed by atoms with Crippen LogP contribution >= 0.6 is 0 Å². The fourth-order valence-corrected chi connectivity index (χ4v) is 1.94. The van der Waals surface area contributed by atoms with E-state index in [0.29, 0.717) is 17.1 Å². The lowest BCUT2D eigenvalue weighted by molar-refractivity contribution is -0.148. The SMILES string of the molecule is CC(=O)NNC(=O)COC(=O)CNC(=O)c1ccc(Oc2ccccc2)cc1. The van der Waals surface area contributed by atoms with E-state index in [1.165, 1.54) is 6.92 Å². The third-order valence-electron chi connectivity index (χ3n) is 3.23. The summed E-state index contributed by atoms with van der Waals surface area (Å²) in [6.07, 6.45) is 0. The molecule has 0 atom stereocenters. The predicted molar refractivity (Wildman–Crippen MR) is 98.2 cm³/mol. The standard InChI is InChI=1S/C19H19N3O6/c1-13(23)21-22-17(24)12-27-18(25)11-20-19(26)14-7-9-16(10-8-14)28-15-5-3-2-4-6-15/h2-10H,11-12H2,1H3,(H,20,26)(H,21,23)(H,22,24). The van der Waals surface area contributed by atoms with Gasteiger partial charge in [-0.2, -0.15) is 0 Å². The number of rotatable bonds is 7. The third-order valence-corrected chi connectivity index (χ3v) is 3.23. The number of benzene rings is 2. The smallest absolute Gasteiger partial charge is 0.325 e. The molecule has 0 bridgehead atoms. The molecule has 0 aliphatic rings. The second-order valence-corrected chi connectivity index (χ2v) is 5.51. The number of para-hydroxylation sites is 1. The molecule has 146 valence electrons. The molecule has 9 heteroatoms. The van der Waals surface area contributed by atoms with E-state index in [1.54, 1.807) is 24.3 Å². The fraction of sp³-hybridized carbons (Fsp3) is 0.158. The summed E-state index contributed by atoms with van der Waals surface area (Å²) in [7, 11) is 0. The summed E-state index contributed by atoms with van der Waals surface area (Å²) in [5, 5.41) is 2.39. The number of nitrogens with one attached hydrogen (secondary N) is 3. The van der Waals surface area contributed by atoms with Crippen LogP contribution in [0.15, 0.2) is 54.6 Å². The first-order valence-corrected chi connectivity index (χ1v) is 8.26. The van der Waals surface area contributed by atoms with E-state index in [-0.39, 0.29) is 0 Å².